The molecule has 1 aromatic rings. The van der Waals surface area contributed by atoms with Crippen LogP contribution in [0.2, 0.25) is 0 Å². The van der Waals surface area contributed by atoms with Gasteiger partial charge in [-0.05, 0) is 62.5 Å². The number of nitrogen functional groups attached to an aromatic ring is 1. The maximum Gasteiger partial charge on any atom is 0.242 e. The van der Waals surface area contributed by atoms with E-state index < -0.39 is 10.0 Å². The Hall–Kier alpha value is -0.720. The number of hydrogen-bond acceptors (Lipinski definition) is 4. The molecule has 6 heteroatoms. The number of rotatable bonds is 6. The molecular weight excluding hydrogens is 280 g/mol. The Bertz CT molecular complexity index is 542. The molecule has 19 heavy (non-hydrogen) atoms. The SMILES string of the molecule is CSCCC(C)NS(=O)(=O)c1cc(C)c(C)cc1N. The van der Waals surface area contributed by atoms with Gasteiger partial charge in [0.2, 0.25) is 10.0 Å². The van der Waals surface area contributed by atoms with Gasteiger partial charge in [-0.2, -0.15) is 11.8 Å². The van der Waals surface area contributed by atoms with Gasteiger partial charge in [0.05, 0.1) is 5.69 Å². The molecule has 0 radical (unpaired) electrons. The third kappa shape index (κ3) is 4.40. The number of sulfonamides is 1. The summed E-state index contributed by atoms with van der Waals surface area (Å²) in [5, 5.41) is 0. The fourth-order valence-electron chi connectivity index (χ4n) is 1.73. The highest BCUT2D eigenvalue weighted by Crippen LogP contribution is 2.23. The molecule has 0 aliphatic rings. The molecule has 0 aliphatic heterocycles. The summed E-state index contributed by atoms with van der Waals surface area (Å²) in [5.74, 6) is 0.923. The van der Waals surface area contributed by atoms with Crippen molar-refractivity contribution in [3.8, 4) is 0 Å². The molecule has 3 N–H and O–H groups in total. The third-order valence-electron chi connectivity index (χ3n) is 3.03. The standard InChI is InChI=1S/C13H22N2O2S2/c1-9-7-12(14)13(8-10(9)2)19(16,17)15-11(3)5-6-18-4/h7-8,11,15H,5-6,14H2,1-4H3. The smallest absolute Gasteiger partial charge is 0.242 e. The first kappa shape index (κ1) is 16.3. The van der Waals surface area contributed by atoms with Gasteiger partial charge in [0.15, 0.2) is 0 Å². The third-order valence-corrected chi connectivity index (χ3v) is 5.32. The Labute approximate surface area is 120 Å². The fourth-order valence-corrected chi connectivity index (χ4v) is 3.79. The average molecular weight is 302 g/mol. The summed E-state index contributed by atoms with van der Waals surface area (Å²) in [4.78, 5) is 0.173. The van der Waals surface area contributed by atoms with Crippen molar-refractivity contribution < 1.29 is 8.42 Å². The van der Waals surface area contributed by atoms with E-state index >= 15 is 0 Å². The van der Waals surface area contributed by atoms with Crippen molar-refractivity contribution in [2.24, 2.45) is 0 Å². The van der Waals surface area contributed by atoms with Gasteiger partial charge in [0.25, 0.3) is 0 Å². The fraction of sp³-hybridized carbons (Fsp3) is 0.538. The summed E-state index contributed by atoms with van der Waals surface area (Å²) in [5.41, 5.74) is 8.04. The van der Waals surface area contributed by atoms with E-state index in [4.69, 9.17) is 5.73 Å². The summed E-state index contributed by atoms with van der Waals surface area (Å²) in [7, 11) is -3.54. The van der Waals surface area contributed by atoms with Crippen LogP contribution in [0.1, 0.15) is 24.5 Å². The van der Waals surface area contributed by atoms with Crippen molar-refractivity contribution >= 4 is 27.5 Å². The zero-order chi connectivity index (χ0) is 14.6. The molecule has 0 bridgehead atoms. The van der Waals surface area contributed by atoms with Crippen molar-refractivity contribution in [2.45, 2.75) is 38.1 Å². The van der Waals surface area contributed by atoms with Crippen LogP contribution in [0.25, 0.3) is 0 Å². The number of hydrogen-bond donors (Lipinski definition) is 2. The van der Waals surface area contributed by atoms with Gasteiger partial charge in [-0.3, -0.25) is 0 Å². The van der Waals surface area contributed by atoms with Crippen LogP contribution in [0.4, 0.5) is 5.69 Å². The van der Waals surface area contributed by atoms with Crippen molar-refractivity contribution in [2.75, 3.05) is 17.7 Å². The van der Waals surface area contributed by atoms with Gasteiger partial charge in [0.1, 0.15) is 4.90 Å². The molecule has 1 rings (SSSR count). The van der Waals surface area contributed by atoms with Crippen LogP contribution in [-0.4, -0.2) is 26.5 Å². The molecule has 0 aliphatic carbocycles. The predicted molar refractivity (Wildman–Crippen MR) is 83.1 cm³/mol. The van der Waals surface area contributed by atoms with E-state index in [0.29, 0.717) is 5.69 Å². The van der Waals surface area contributed by atoms with Gasteiger partial charge in [-0.25, -0.2) is 13.1 Å². The van der Waals surface area contributed by atoms with Gasteiger partial charge >= 0.3 is 0 Å². The quantitative estimate of drug-likeness (QED) is 0.791. The largest absolute Gasteiger partial charge is 0.398 e. The Morgan fingerprint density at radius 2 is 1.89 bits per heavy atom. The van der Waals surface area contributed by atoms with Crippen molar-refractivity contribution in [1.82, 2.24) is 4.72 Å². The highest BCUT2D eigenvalue weighted by atomic mass is 32.2. The van der Waals surface area contributed by atoms with E-state index in [1.54, 1.807) is 23.9 Å². The lowest BCUT2D eigenvalue weighted by Gasteiger charge is -2.16. The monoisotopic (exact) mass is 302 g/mol. The van der Waals surface area contributed by atoms with Crippen LogP contribution in [0.3, 0.4) is 0 Å². The van der Waals surface area contributed by atoms with Crippen LogP contribution >= 0.6 is 11.8 Å². The topological polar surface area (TPSA) is 72.2 Å². The van der Waals surface area contributed by atoms with E-state index in [-0.39, 0.29) is 10.9 Å². The first-order valence-electron chi connectivity index (χ1n) is 6.16. The minimum absolute atomic E-state index is 0.0986. The molecule has 4 nitrogen and oxygen atoms in total. The van der Waals surface area contributed by atoms with Gasteiger partial charge < -0.3 is 5.73 Å². The predicted octanol–water partition coefficient (Wildman–Crippen LogP) is 2.31. The van der Waals surface area contributed by atoms with E-state index in [9.17, 15) is 8.42 Å². The molecule has 1 atom stereocenters. The summed E-state index contributed by atoms with van der Waals surface area (Å²) in [6, 6.07) is 3.24. The van der Waals surface area contributed by atoms with E-state index in [1.165, 1.54) is 0 Å². The zero-order valence-corrected chi connectivity index (χ0v) is 13.5. The number of benzene rings is 1. The Morgan fingerprint density at radius 3 is 2.47 bits per heavy atom. The Morgan fingerprint density at radius 1 is 1.32 bits per heavy atom. The minimum atomic E-state index is -3.54. The molecule has 0 saturated carbocycles. The second-order valence-electron chi connectivity index (χ2n) is 4.78. The summed E-state index contributed by atoms with van der Waals surface area (Å²) in [6.45, 7) is 5.66. The molecular formula is C13H22N2O2S2. The Kier molecular flexibility index (Phi) is 5.70. The second-order valence-corrected chi connectivity index (χ2v) is 7.45. The van der Waals surface area contributed by atoms with E-state index in [2.05, 4.69) is 4.72 Å². The van der Waals surface area contributed by atoms with E-state index in [1.807, 2.05) is 27.0 Å². The second kappa shape index (κ2) is 6.63. The molecule has 108 valence electrons. The zero-order valence-electron chi connectivity index (χ0n) is 11.9. The summed E-state index contributed by atoms with van der Waals surface area (Å²) < 4.78 is 27.3. The lowest BCUT2D eigenvalue weighted by molar-refractivity contribution is 0.557. The lowest BCUT2D eigenvalue weighted by Crippen LogP contribution is -2.33. The molecule has 0 fully saturated rings. The summed E-state index contributed by atoms with van der Waals surface area (Å²) >= 11 is 1.70. The highest BCUT2D eigenvalue weighted by Gasteiger charge is 2.20. The molecule has 0 aromatic heterocycles. The average Bonchev–Trinajstić information content (AvgIpc) is 2.30. The Balaban J connectivity index is 2.98. The minimum Gasteiger partial charge on any atom is -0.398 e. The normalized spacial score (nSPS) is 13.5. The van der Waals surface area contributed by atoms with Crippen molar-refractivity contribution in [3.63, 3.8) is 0 Å². The molecule has 0 heterocycles. The number of aryl methyl sites for hydroxylation is 2. The molecule has 0 amide bonds. The van der Waals surface area contributed by atoms with Crippen LogP contribution in [0.5, 0.6) is 0 Å². The molecule has 1 aromatic carbocycles. The van der Waals surface area contributed by atoms with Gasteiger partial charge in [0, 0.05) is 6.04 Å². The van der Waals surface area contributed by atoms with Crippen molar-refractivity contribution in [3.05, 3.63) is 23.3 Å². The van der Waals surface area contributed by atoms with Crippen LogP contribution in [-0.2, 0) is 10.0 Å². The number of nitrogens with two attached hydrogens (primary N) is 1. The van der Waals surface area contributed by atoms with Crippen LogP contribution in [0.15, 0.2) is 17.0 Å². The first-order chi connectivity index (χ1) is 8.77. The first-order valence-corrected chi connectivity index (χ1v) is 9.03. The summed E-state index contributed by atoms with van der Waals surface area (Å²) in [6.07, 6.45) is 2.80. The maximum absolute atomic E-state index is 12.3. The van der Waals surface area contributed by atoms with Crippen LogP contribution < -0.4 is 10.5 Å². The van der Waals surface area contributed by atoms with E-state index in [0.717, 1.165) is 23.3 Å². The molecule has 1 unspecified atom stereocenters. The molecule has 0 spiro atoms. The molecule has 0 saturated heterocycles. The number of anilines is 1. The number of thioether (sulfide) groups is 1. The van der Waals surface area contributed by atoms with Crippen molar-refractivity contribution in [1.29, 1.82) is 0 Å². The number of nitrogens with one attached hydrogen (secondary N) is 1. The van der Waals surface area contributed by atoms with Crippen LogP contribution in [0, 0.1) is 13.8 Å². The maximum atomic E-state index is 12.3. The van der Waals surface area contributed by atoms with Gasteiger partial charge in [-0.1, -0.05) is 0 Å². The van der Waals surface area contributed by atoms with Gasteiger partial charge in [-0.15, -0.1) is 0 Å². The highest BCUT2D eigenvalue weighted by molar-refractivity contribution is 7.98. The lowest BCUT2D eigenvalue weighted by atomic mass is 10.1.